The number of hydrogen-bond donors (Lipinski definition) is 2. The van der Waals surface area contributed by atoms with Gasteiger partial charge in [-0.2, -0.15) is 0 Å². The minimum absolute atomic E-state index is 0.793. The number of nitrogens with one attached hydrogen (secondary N) is 2. The number of anilines is 1. The standard InChI is InChI=1S/C15H18N2S2/c1-2-3-10-19-15(18)17-16-14-9-8-12-6-4-5-7-13(12)11-14/h4-9,11,16H,2-3,10H2,1H3,(H,17,18). The second kappa shape index (κ2) is 7.36. The summed E-state index contributed by atoms with van der Waals surface area (Å²) in [4.78, 5) is 0. The van der Waals surface area contributed by atoms with E-state index in [1.165, 1.54) is 23.6 Å². The first-order valence-electron chi connectivity index (χ1n) is 6.47. The Hall–Kier alpha value is -1.26. The molecule has 0 bridgehead atoms. The van der Waals surface area contributed by atoms with Crippen molar-refractivity contribution in [3.05, 3.63) is 42.5 Å². The molecule has 0 spiro atoms. The Morgan fingerprint density at radius 3 is 2.74 bits per heavy atom. The van der Waals surface area contributed by atoms with Crippen molar-refractivity contribution in [1.82, 2.24) is 5.43 Å². The van der Waals surface area contributed by atoms with Crippen LogP contribution in [0.2, 0.25) is 0 Å². The van der Waals surface area contributed by atoms with Crippen LogP contribution in [0.15, 0.2) is 42.5 Å². The highest BCUT2D eigenvalue weighted by molar-refractivity contribution is 8.22. The maximum atomic E-state index is 5.25. The van der Waals surface area contributed by atoms with Gasteiger partial charge in [-0.15, -0.1) is 0 Å². The number of rotatable bonds is 5. The lowest BCUT2D eigenvalue weighted by Crippen LogP contribution is -2.25. The maximum Gasteiger partial charge on any atom is 0.152 e. The summed E-state index contributed by atoms with van der Waals surface area (Å²) in [7, 11) is 0. The zero-order valence-electron chi connectivity index (χ0n) is 11.0. The first-order chi connectivity index (χ1) is 9.29. The second-order valence-corrected chi connectivity index (χ2v) is 6.07. The van der Waals surface area contributed by atoms with Crippen LogP contribution < -0.4 is 10.9 Å². The van der Waals surface area contributed by atoms with Gasteiger partial charge in [0.1, 0.15) is 0 Å². The predicted molar refractivity (Wildman–Crippen MR) is 90.7 cm³/mol. The van der Waals surface area contributed by atoms with Crippen molar-refractivity contribution in [2.45, 2.75) is 19.8 Å². The van der Waals surface area contributed by atoms with Gasteiger partial charge >= 0.3 is 0 Å². The van der Waals surface area contributed by atoms with Gasteiger partial charge in [-0.05, 0) is 29.3 Å². The SMILES string of the molecule is CCCCSC(=S)NNc1ccc2ccccc2c1. The van der Waals surface area contributed by atoms with Gasteiger partial charge in [0.15, 0.2) is 4.32 Å². The van der Waals surface area contributed by atoms with Crippen LogP contribution in [0.3, 0.4) is 0 Å². The van der Waals surface area contributed by atoms with Gasteiger partial charge in [-0.1, -0.05) is 67.7 Å². The van der Waals surface area contributed by atoms with Crippen molar-refractivity contribution in [3.8, 4) is 0 Å². The van der Waals surface area contributed by atoms with E-state index in [-0.39, 0.29) is 0 Å². The molecule has 0 fully saturated rings. The summed E-state index contributed by atoms with van der Waals surface area (Å²) < 4.78 is 0.793. The third-order valence-electron chi connectivity index (χ3n) is 2.79. The molecule has 0 aliphatic heterocycles. The highest BCUT2D eigenvalue weighted by Gasteiger charge is 1.98. The Bertz CT molecular complexity index is 555. The zero-order chi connectivity index (χ0) is 13.5. The van der Waals surface area contributed by atoms with E-state index in [1.807, 2.05) is 12.1 Å². The summed E-state index contributed by atoms with van der Waals surface area (Å²) in [6.07, 6.45) is 2.40. The Labute approximate surface area is 123 Å². The Morgan fingerprint density at radius 1 is 1.16 bits per heavy atom. The van der Waals surface area contributed by atoms with Gasteiger partial charge < -0.3 is 0 Å². The van der Waals surface area contributed by atoms with Gasteiger partial charge in [0.05, 0.1) is 5.69 Å². The molecule has 4 heteroatoms. The van der Waals surface area contributed by atoms with Gasteiger partial charge in [-0.25, -0.2) is 0 Å². The van der Waals surface area contributed by atoms with Crippen LogP contribution in [-0.2, 0) is 0 Å². The van der Waals surface area contributed by atoms with Crippen molar-refractivity contribution >= 4 is 44.8 Å². The summed E-state index contributed by atoms with van der Waals surface area (Å²) in [6.45, 7) is 2.18. The summed E-state index contributed by atoms with van der Waals surface area (Å²) in [5.41, 5.74) is 7.24. The highest BCUT2D eigenvalue weighted by Crippen LogP contribution is 2.18. The normalized spacial score (nSPS) is 10.4. The van der Waals surface area contributed by atoms with Gasteiger partial charge in [0.2, 0.25) is 0 Å². The quantitative estimate of drug-likeness (QED) is 0.478. The number of hydrogen-bond acceptors (Lipinski definition) is 3. The van der Waals surface area contributed by atoms with E-state index < -0.39 is 0 Å². The van der Waals surface area contributed by atoms with E-state index in [1.54, 1.807) is 11.8 Å². The molecule has 0 saturated heterocycles. The van der Waals surface area contributed by atoms with Crippen molar-refractivity contribution in [3.63, 3.8) is 0 Å². The molecular formula is C15H18N2S2. The van der Waals surface area contributed by atoms with E-state index in [4.69, 9.17) is 12.2 Å². The smallest absolute Gasteiger partial charge is 0.152 e. The minimum Gasteiger partial charge on any atom is -0.300 e. The molecule has 2 rings (SSSR count). The van der Waals surface area contributed by atoms with Crippen molar-refractivity contribution < 1.29 is 0 Å². The molecule has 0 aliphatic carbocycles. The largest absolute Gasteiger partial charge is 0.300 e. The summed E-state index contributed by atoms with van der Waals surface area (Å²) in [6, 6.07) is 14.6. The van der Waals surface area contributed by atoms with Crippen LogP contribution in [0.1, 0.15) is 19.8 Å². The van der Waals surface area contributed by atoms with Gasteiger partial charge in [0.25, 0.3) is 0 Å². The number of benzene rings is 2. The lowest BCUT2D eigenvalue weighted by molar-refractivity contribution is 0.898. The summed E-state index contributed by atoms with van der Waals surface area (Å²) in [5.74, 6) is 1.07. The number of thiocarbonyl (C=S) groups is 1. The number of hydrazine groups is 1. The van der Waals surface area contributed by atoms with E-state index in [0.29, 0.717) is 0 Å². The number of fused-ring (bicyclic) bond motifs is 1. The predicted octanol–water partition coefficient (Wildman–Crippen LogP) is 4.57. The molecule has 0 radical (unpaired) electrons. The number of unbranched alkanes of at least 4 members (excludes halogenated alkanes) is 1. The molecule has 2 aromatic carbocycles. The van der Waals surface area contributed by atoms with E-state index in [0.717, 1.165) is 15.8 Å². The number of thioether (sulfide) groups is 1. The van der Waals surface area contributed by atoms with Crippen molar-refractivity contribution in [1.29, 1.82) is 0 Å². The van der Waals surface area contributed by atoms with Crippen LogP contribution in [-0.4, -0.2) is 10.1 Å². The van der Waals surface area contributed by atoms with E-state index in [2.05, 4.69) is 48.1 Å². The van der Waals surface area contributed by atoms with Crippen LogP contribution in [0.4, 0.5) is 5.69 Å². The summed E-state index contributed by atoms with van der Waals surface area (Å²) >= 11 is 6.93. The molecule has 0 saturated carbocycles. The molecule has 0 aromatic heterocycles. The molecule has 0 aliphatic rings. The minimum atomic E-state index is 0.793. The molecule has 19 heavy (non-hydrogen) atoms. The van der Waals surface area contributed by atoms with Crippen LogP contribution >= 0.6 is 24.0 Å². The van der Waals surface area contributed by atoms with Gasteiger partial charge in [-0.3, -0.25) is 10.9 Å². The monoisotopic (exact) mass is 290 g/mol. The summed E-state index contributed by atoms with van der Waals surface area (Å²) in [5, 5.41) is 2.46. The highest BCUT2D eigenvalue weighted by atomic mass is 32.2. The Balaban J connectivity index is 1.89. The van der Waals surface area contributed by atoms with E-state index >= 15 is 0 Å². The van der Waals surface area contributed by atoms with Crippen molar-refractivity contribution in [2.24, 2.45) is 0 Å². The van der Waals surface area contributed by atoms with Crippen LogP contribution in [0.25, 0.3) is 10.8 Å². The fourth-order valence-corrected chi connectivity index (χ4v) is 2.78. The van der Waals surface area contributed by atoms with Crippen molar-refractivity contribution in [2.75, 3.05) is 11.2 Å². The lowest BCUT2D eigenvalue weighted by atomic mass is 10.1. The third kappa shape index (κ3) is 4.40. The molecule has 2 nitrogen and oxygen atoms in total. The molecule has 2 N–H and O–H groups in total. The second-order valence-electron chi connectivity index (χ2n) is 4.30. The lowest BCUT2D eigenvalue weighted by Gasteiger charge is -2.10. The molecular weight excluding hydrogens is 272 g/mol. The zero-order valence-corrected chi connectivity index (χ0v) is 12.6. The molecule has 0 atom stereocenters. The topological polar surface area (TPSA) is 24.1 Å². The average molecular weight is 290 g/mol. The fraction of sp³-hybridized carbons (Fsp3) is 0.267. The molecule has 100 valence electrons. The molecule has 0 amide bonds. The first kappa shape index (κ1) is 14.2. The maximum absolute atomic E-state index is 5.25. The van der Waals surface area contributed by atoms with Crippen LogP contribution in [0.5, 0.6) is 0 Å². The Kier molecular flexibility index (Phi) is 5.48. The van der Waals surface area contributed by atoms with Gasteiger partial charge in [0, 0.05) is 5.75 Å². The average Bonchev–Trinajstić information content (AvgIpc) is 2.45. The van der Waals surface area contributed by atoms with Crippen LogP contribution in [0, 0.1) is 0 Å². The molecule has 0 heterocycles. The molecule has 2 aromatic rings. The van der Waals surface area contributed by atoms with E-state index in [9.17, 15) is 0 Å². The third-order valence-corrected chi connectivity index (χ3v) is 4.10. The fourth-order valence-electron chi connectivity index (χ4n) is 1.74. The Morgan fingerprint density at radius 2 is 1.95 bits per heavy atom. The molecule has 0 unspecified atom stereocenters. The first-order valence-corrected chi connectivity index (χ1v) is 7.86.